The summed E-state index contributed by atoms with van der Waals surface area (Å²) in [5.74, 6) is 0. The molecule has 104 valence electrons. The van der Waals surface area contributed by atoms with Gasteiger partial charge in [-0.2, -0.15) is 5.10 Å². The van der Waals surface area contributed by atoms with Gasteiger partial charge in [-0.25, -0.2) is 0 Å². The van der Waals surface area contributed by atoms with Crippen molar-refractivity contribution in [1.29, 1.82) is 0 Å². The Morgan fingerprint density at radius 2 is 2.06 bits per heavy atom. The Labute approximate surface area is 111 Å². The van der Waals surface area contributed by atoms with Gasteiger partial charge in [0.25, 0.3) is 0 Å². The second kappa shape index (κ2) is 6.34. The van der Waals surface area contributed by atoms with Crippen LogP contribution in [0, 0.1) is 0 Å². The van der Waals surface area contributed by atoms with Crippen LogP contribution in [0.15, 0.2) is 12.4 Å². The predicted molar refractivity (Wildman–Crippen MR) is 76.7 cm³/mol. The molecule has 0 saturated carbocycles. The molecule has 0 aromatic carbocycles. The van der Waals surface area contributed by atoms with E-state index in [-0.39, 0.29) is 5.54 Å². The van der Waals surface area contributed by atoms with Gasteiger partial charge in [-0.3, -0.25) is 4.68 Å². The van der Waals surface area contributed by atoms with Crippen LogP contribution in [0.4, 0.5) is 0 Å². The fraction of sp³-hybridized carbons (Fsp3) is 0.786. The highest BCUT2D eigenvalue weighted by molar-refractivity contribution is 5.04. The van der Waals surface area contributed by atoms with Crippen LogP contribution in [0.5, 0.6) is 0 Å². The van der Waals surface area contributed by atoms with Gasteiger partial charge < -0.3 is 10.2 Å². The largest absolute Gasteiger partial charge is 0.311 e. The minimum atomic E-state index is 0.0656. The van der Waals surface area contributed by atoms with Crippen molar-refractivity contribution in [3.8, 4) is 0 Å². The van der Waals surface area contributed by atoms with E-state index in [1.165, 1.54) is 5.56 Å². The molecular weight excluding hydrogens is 224 g/mol. The third-order valence-corrected chi connectivity index (χ3v) is 3.18. The van der Waals surface area contributed by atoms with Gasteiger partial charge in [0.15, 0.2) is 0 Å². The van der Waals surface area contributed by atoms with E-state index >= 15 is 0 Å². The Hall–Kier alpha value is -0.870. The molecule has 1 aromatic rings. The summed E-state index contributed by atoms with van der Waals surface area (Å²) >= 11 is 0. The quantitative estimate of drug-likeness (QED) is 0.787. The summed E-state index contributed by atoms with van der Waals surface area (Å²) in [5.41, 5.74) is 1.31. The molecule has 0 aliphatic carbocycles. The molecule has 0 radical (unpaired) electrons. The molecule has 1 N–H and O–H groups in total. The third-order valence-electron chi connectivity index (χ3n) is 3.18. The first-order valence-electron chi connectivity index (χ1n) is 6.75. The van der Waals surface area contributed by atoms with E-state index in [0.29, 0.717) is 6.04 Å². The Morgan fingerprint density at radius 1 is 1.39 bits per heavy atom. The molecule has 1 aromatic heterocycles. The summed E-state index contributed by atoms with van der Waals surface area (Å²) in [6.07, 6.45) is 4.07. The maximum atomic E-state index is 4.40. The lowest BCUT2D eigenvalue weighted by atomic mass is 10.1. The first-order valence-corrected chi connectivity index (χ1v) is 6.75. The van der Waals surface area contributed by atoms with E-state index in [2.05, 4.69) is 63.2 Å². The second-order valence-electron chi connectivity index (χ2n) is 6.22. The van der Waals surface area contributed by atoms with Crippen molar-refractivity contribution >= 4 is 0 Å². The van der Waals surface area contributed by atoms with Gasteiger partial charge in [0.2, 0.25) is 0 Å². The lowest BCUT2D eigenvalue weighted by Gasteiger charge is -2.20. The monoisotopic (exact) mass is 252 g/mol. The van der Waals surface area contributed by atoms with Crippen molar-refractivity contribution in [2.24, 2.45) is 0 Å². The zero-order chi connectivity index (χ0) is 13.8. The van der Waals surface area contributed by atoms with Crippen molar-refractivity contribution in [3.63, 3.8) is 0 Å². The average molecular weight is 252 g/mol. The predicted octanol–water partition coefficient (Wildman–Crippen LogP) is 2.07. The zero-order valence-corrected chi connectivity index (χ0v) is 12.7. The Kier molecular flexibility index (Phi) is 5.35. The van der Waals surface area contributed by atoms with Gasteiger partial charge in [-0.15, -0.1) is 0 Å². The molecule has 1 heterocycles. The van der Waals surface area contributed by atoms with Gasteiger partial charge in [0.05, 0.1) is 11.7 Å². The van der Waals surface area contributed by atoms with Crippen molar-refractivity contribution in [2.45, 2.75) is 52.7 Å². The Balaban J connectivity index is 2.30. The molecule has 0 unspecified atom stereocenters. The lowest BCUT2D eigenvalue weighted by molar-refractivity contribution is 0.273. The maximum Gasteiger partial charge on any atom is 0.0543 e. The van der Waals surface area contributed by atoms with E-state index in [9.17, 15) is 0 Å². The zero-order valence-electron chi connectivity index (χ0n) is 12.7. The van der Waals surface area contributed by atoms with Crippen molar-refractivity contribution in [3.05, 3.63) is 18.0 Å². The maximum absolute atomic E-state index is 4.40. The number of rotatable bonds is 6. The van der Waals surface area contributed by atoms with Crippen LogP contribution < -0.4 is 5.32 Å². The summed E-state index contributed by atoms with van der Waals surface area (Å²) in [4.78, 5) is 2.34. The van der Waals surface area contributed by atoms with Crippen molar-refractivity contribution in [2.75, 3.05) is 20.1 Å². The third kappa shape index (κ3) is 4.78. The van der Waals surface area contributed by atoms with Crippen LogP contribution in [-0.4, -0.2) is 40.9 Å². The second-order valence-corrected chi connectivity index (χ2v) is 6.22. The van der Waals surface area contributed by atoms with Crippen LogP contribution >= 0.6 is 0 Å². The summed E-state index contributed by atoms with van der Waals surface area (Å²) in [6.45, 7) is 13.9. The lowest BCUT2D eigenvalue weighted by Crippen LogP contribution is -2.33. The van der Waals surface area contributed by atoms with Crippen LogP contribution in [0.3, 0.4) is 0 Å². The number of nitrogens with one attached hydrogen (secondary N) is 1. The molecule has 18 heavy (non-hydrogen) atoms. The summed E-state index contributed by atoms with van der Waals surface area (Å²) in [6, 6.07) is 0.607. The van der Waals surface area contributed by atoms with E-state index in [1.54, 1.807) is 0 Å². The molecular formula is C14H28N4. The Morgan fingerprint density at radius 3 is 2.56 bits per heavy atom. The minimum absolute atomic E-state index is 0.0656. The summed E-state index contributed by atoms with van der Waals surface area (Å²) in [5, 5.41) is 7.85. The average Bonchev–Trinajstić information content (AvgIpc) is 2.72. The van der Waals surface area contributed by atoms with Gasteiger partial charge >= 0.3 is 0 Å². The molecule has 0 aliphatic rings. The fourth-order valence-corrected chi connectivity index (χ4v) is 1.56. The van der Waals surface area contributed by atoms with E-state index < -0.39 is 0 Å². The molecule has 0 spiro atoms. The van der Waals surface area contributed by atoms with Gasteiger partial charge in [-0.05, 0) is 41.7 Å². The van der Waals surface area contributed by atoms with Crippen LogP contribution in [0.25, 0.3) is 0 Å². The fourth-order valence-electron chi connectivity index (χ4n) is 1.56. The number of hydrogen-bond donors (Lipinski definition) is 1. The Bertz CT molecular complexity index is 349. The van der Waals surface area contributed by atoms with E-state index in [1.807, 2.05) is 10.9 Å². The molecule has 4 nitrogen and oxygen atoms in total. The topological polar surface area (TPSA) is 33.1 Å². The highest BCUT2D eigenvalue weighted by atomic mass is 15.3. The van der Waals surface area contributed by atoms with Crippen molar-refractivity contribution in [1.82, 2.24) is 20.0 Å². The van der Waals surface area contributed by atoms with Gasteiger partial charge in [0.1, 0.15) is 0 Å². The molecule has 0 saturated heterocycles. The minimum Gasteiger partial charge on any atom is -0.311 e. The number of aromatic nitrogens is 2. The molecule has 0 bridgehead atoms. The highest BCUT2D eigenvalue weighted by Gasteiger charge is 2.13. The number of nitrogens with zero attached hydrogens (tertiary/aromatic N) is 3. The number of likely N-dealkylation sites (N-methyl/N-ethyl adjacent to an activating group) is 1. The smallest absolute Gasteiger partial charge is 0.0543 e. The standard InChI is InChI=1S/C14H28N4/c1-12(2)17(6)8-7-15-9-13-10-16-18(11-13)14(3,4)5/h10-12,15H,7-9H2,1-6H3. The van der Waals surface area contributed by atoms with Crippen LogP contribution in [0.2, 0.25) is 0 Å². The van der Waals surface area contributed by atoms with Crippen molar-refractivity contribution < 1.29 is 0 Å². The normalized spacial score (nSPS) is 12.7. The summed E-state index contributed by atoms with van der Waals surface area (Å²) < 4.78 is 2.02. The molecule has 4 heteroatoms. The van der Waals surface area contributed by atoms with Gasteiger partial charge in [0, 0.05) is 37.4 Å². The van der Waals surface area contributed by atoms with E-state index in [0.717, 1.165) is 19.6 Å². The molecule has 0 fully saturated rings. The first kappa shape index (κ1) is 15.2. The molecule has 1 rings (SSSR count). The molecule has 0 atom stereocenters. The summed E-state index contributed by atoms with van der Waals surface area (Å²) in [7, 11) is 2.16. The van der Waals surface area contributed by atoms with Crippen LogP contribution in [-0.2, 0) is 12.1 Å². The first-order chi connectivity index (χ1) is 8.30. The van der Waals surface area contributed by atoms with Gasteiger partial charge in [-0.1, -0.05) is 0 Å². The molecule has 0 aliphatic heterocycles. The van der Waals surface area contributed by atoms with Crippen LogP contribution in [0.1, 0.15) is 40.2 Å². The van der Waals surface area contributed by atoms with E-state index in [4.69, 9.17) is 0 Å². The molecule has 0 amide bonds. The highest BCUT2D eigenvalue weighted by Crippen LogP contribution is 2.12. The SMILES string of the molecule is CC(C)N(C)CCNCc1cnn(C(C)(C)C)c1. The number of hydrogen-bond acceptors (Lipinski definition) is 3.